The number of aromatic nitrogens is 2. The Balaban J connectivity index is 1.53. The van der Waals surface area contributed by atoms with E-state index in [0.717, 1.165) is 0 Å². The Hall–Kier alpha value is -4.40. The normalized spacial score (nSPS) is 10.5. The minimum Gasteiger partial charge on any atom is -0.493 e. The molecule has 2 N–H and O–H groups in total. The quantitative estimate of drug-likeness (QED) is 0.432. The SMILES string of the molecule is COc1cc2ncnc(Oc3cccc(NC(=O)Nc4ccc(F)cc4)c3)c2cc1OC. The number of methoxy groups -OCH3 is 2. The number of urea groups is 1. The Morgan fingerprint density at radius 2 is 1.59 bits per heavy atom. The molecule has 0 aliphatic rings. The molecule has 162 valence electrons. The van der Waals surface area contributed by atoms with Crippen molar-refractivity contribution in [3.05, 3.63) is 72.8 Å². The maximum atomic E-state index is 13.0. The smallest absolute Gasteiger partial charge is 0.323 e. The largest absolute Gasteiger partial charge is 0.493 e. The van der Waals surface area contributed by atoms with E-state index < -0.39 is 6.03 Å². The first-order valence-corrected chi connectivity index (χ1v) is 9.54. The number of halogens is 1. The summed E-state index contributed by atoms with van der Waals surface area (Å²) in [5.74, 6) is 1.47. The zero-order valence-corrected chi connectivity index (χ0v) is 17.3. The molecule has 32 heavy (non-hydrogen) atoms. The van der Waals surface area contributed by atoms with Gasteiger partial charge in [-0.2, -0.15) is 0 Å². The van der Waals surface area contributed by atoms with Crippen molar-refractivity contribution in [1.29, 1.82) is 0 Å². The van der Waals surface area contributed by atoms with Crippen LogP contribution in [0.1, 0.15) is 0 Å². The number of nitrogens with zero attached hydrogens (tertiary/aromatic N) is 2. The zero-order valence-electron chi connectivity index (χ0n) is 17.3. The molecule has 0 fully saturated rings. The van der Waals surface area contributed by atoms with E-state index in [9.17, 15) is 9.18 Å². The molecule has 8 nitrogen and oxygen atoms in total. The molecule has 0 aliphatic carbocycles. The number of ether oxygens (including phenoxy) is 3. The topological polar surface area (TPSA) is 94.6 Å². The van der Waals surface area contributed by atoms with Crippen LogP contribution in [0.4, 0.5) is 20.6 Å². The predicted molar refractivity (Wildman–Crippen MR) is 118 cm³/mol. The van der Waals surface area contributed by atoms with Gasteiger partial charge in [-0.25, -0.2) is 19.2 Å². The third-order valence-electron chi connectivity index (χ3n) is 4.51. The average Bonchev–Trinajstić information content (AvgIpc) is 2.80. The van der Waals surface area contributed by atoms with E-state index in [0.29, 0.717) is 45.4 Å². The van der Waals surface area contributed by atoms with Gasteiger partial charge in [0.2, 0.25) is 5.88 Å². The van der Waals surface area contributed by atoms with Gasteiger partial charge in [-0.3, -0.25) is 0 Å². The Labute approximate surface area is 183 Å². The summed E-state index contributed by atoms with van der Waals surface area (Å²) in [4.78, 5) is 20.7. The number of rotatable bonds is 6. The number of fused-ring (bicyclic) bond motifs is 1. The maximum absolute atomic E-state index is 13.0. The highest BCUT2D eigenvalue weighted by atomic mass is 19.1. The van der Waals surface area contributed by atoms with Gasteiger partial charge in [0.05, 0.1) is 25.1 Å². The number of benzene rings is 3. The molecule has 0 saturated heterocycles. The summed E-state index contributed by atoms with van der Waals surface area (Å²) in [6.45, 7) is 0. The van der Waals surface area contributed by atoms with Crippen molar-refractivity contribution in [2.24, 2.45) is 0 Å². The molecule has 0 spiro atoms. The van der Waals surface area contributed by atoms with Crippen LogP contribution in [-0.2, 0) is 0 Å². The molecule has 1 aromatic heterocycles. The number of amides is 2. The van der Waals surface area contributed by atoms with Crippen LogP contribution in [-0.4, -0.2) is 30.2 Å². The molecular formula is C23H19FN4O4. The Bertz CT molecular complexity index is 1260. The average molecular weight is 434 g/mol. The summed E-state index contributed by atoms with van der Waals surface area (Å²) in [6.07, 6.45) is 1.39. The predicted octanol–water partition coefficient (Wildman–Crippen LogP) is 5.22. The molecule has 0 radical (unpaired) electrons. The summed E-state index contributed by atoms with van der Waals surface area (Å²) >= 11 is 0. The Morgan fingerprint density at radius 1 is 0.875 bits per heavy atom. The molecule has 0 saturated carbocycles. The fraction of sp³-hybridized carbons (Fsp3) is 0.0870. The van der Waals surface area contributed by atoms with Gasteiger partial charge in [0.15, 0.2) is 11.5 Å². The summed E-state index contributed by atoms with van der Waals surface area (Å²) in [5.41, 5.74) is 1.59. The summed E-state index contributed by atoms with van der Waals surface area (Å²) in [5, 5.41) is 5.98. The second kappa shape index (κ2) is 9.17. The van der Waals surface area contributed by atoms with Crippen molar-refractivity contribution in [2.75, 3.05) is 24.9 Å². The van der Waals surface area contributed by atoms with Crippen molar-refractivity contribution in [3.8, 4) is 23.1 Å². The second-order valence-electron chi connectivity index (χ2n) is 6.62. The van der Waals surface area contributed by atoms with Crippen LogP contribution in [0.5, 0.6) is 23.1 Å². The van der Waals surface area contributed by atoms with Gasteiger partial charge in [0.25, 0.3) is 0 Å². The van der Waals surface area contributed by atoms with E-state index in [2.05, 4.69) is 20.6 Å². The Morgan fingerprint density at radius 3 is 2.34 bits per heavy atom. The first kappa shape index (κ1) is 20.9. The summed E-state index contributed by atoms with van der Waals surface area (Å²) in [6, 6.07) is 15.3. The minimum absolute atomic E-state index is 0.323. The zero-order chi connectivity index (χ0) is 22.5. The van der Waals surface area contributed by atoms with Crippen molar-refractivity contribution >= 4 is 28.3 Å². The van der Waals surface area contributed by atoms with E-state index in [1.165, 1.54) is 30.6 Å². The molecule has 0 atom stereocenters. The first-order valence-electron chi connectivity index (χ1n) is 9.54. The van der Waals surface area contributed by atoms with Crippen LogP contribution in [0, 0.1) is 5.82 Å². The monoisotopic (exact) mass is 434 g/mol. The lowest BCUT2D eigenvalue weighted by atomic mass is 10.2. The lowest BCUT2D eigenvalue weighted by Crippen LogP contribution is -2.19. The van der Waals surface area contributed by atoms with Crippen molar-refractivity contribution in [2.45, 2.75) is 0 Å². The van der Waals surface area contributed by atoms with Crippen LogP contribution in [0.2, 0.25) is 0 Å². The summed E-state index contributed by atoms with van der Waals surface area (Å²) in [7, 11) is 3.09. The number of nitrogens with one attached hydrogen (secondary N) is 2. The highest BCUT2D eigenvalue weighted by Gasteiger charge is 2.13. The van der Waals surface area contributed by atoms with E-state index in [-0.39, 0.29) is 5.82 Å². The van der Waals surface area contributed by atoms with Gasteiger partial charge >= 0.3 is 6.03 Å². The molecule has 3 aromatic carbocycles. The number of carbonyl (C=O) groups is 1. The molecular weight excluding hydrogens is 415 g/mol. The van der Waals surface area contributed by atoms with Gasteiger partial charge in [-0.05, 0) is 42.5 Å². The van der Waals surface area contributed by atoms with Crippen LogP contribution in [0.15, 0.2) is 67.0 Å². The molecule has 1 heterocycles. The third-order valence-corrected chi connectivity index (χ3v) is 4.51. The highest BCUT2D eigenvalue weighted by Crippen LogP contribution is 2.36. The highest BCUT2D eigenvalue weighted by molar-refractivity contribution is 5.99. The molecule has 0 aliphatic heterocycles. The van der Waals surface area contributed by atoms with Gasteiger partial charge in [0.1, 0.15) is 17.9 Å². The number of hydrogen-bond donors (Lipinski definition) is 2. The molecule has 4 aromatic rings. The number of carbonyl (C=O) groups excluding carboxylic acids is 1. The minimum atomic E-state index is -0.474. The van der Waals surface area contributed by atoms with Gasteiger partial charge in [-0.15, -0.1) is 0 Å². The first-order chi connectivity index (χ1) is 15.6. The molecule has 0 unspecified atom stereocenters. The molecule has 2 amide bonds. The molecule has 0 bridgehead atoms. The summed E-state index contributed by atoms with van der Waals surface area (Å²) < 4.78 is 29.6. The van der Waals surface area contributed by atoms with Crippen LogP contribution in [0.3, 0.4) is 0 Å². The lowest BCUT2D eigenvalue weighted by Gasteiger charge is -2.12. The van der Waals surface area contributed by atoms with E-state index in [4.69, 9.17) is 14.2 Å². The van der Waals surface area contributed by atoms with Gasteiger partial charge in [0, 0.05) is 23.5 Å². The fourth-order valence-electron chi connectivity index (χ4n) is 3.02. The van der Waals surface area contributed by atoms with Gasteiger partial charge in [-0.1, -0.05) is 6.07 Å². The van der Waals surface area contributed by atoms with Crippen LogP contribution < -0.4 is 24.8 Å². The van der Waals surface area contributed by atoms with Gasteiger partial charge < -0.3 is 24.8 Å². The number of anilines is 2. The van der Waals surface area contributed by atoms with E-state index in [1.807, 2.05) is 0 Å². The van der Waals surface area contributed by atoms with Crippen LogP contribution in [0.25, 0.3) is 10.9 Å². The van der Waals surface area contributed by atoms with Crippen molar-refractivity contribution < 1.29 is 23.4 Å². The molecule has 9 heteroatoms. The second-order valence-corrected chi connectivity index (χ2v) is 6.62. The van der Waals surface area contributed by atoms with Crippen LogP contribution >= 0.6 is 0 Å². The lowest BCUT2D eigenvalue weighted by molar-refractivity contribution is 0.262. The maximum Gasteiger partial charge on any atom is 0.323 e. The standard InChI is InChI=1S/C23H19FN4O4/c1-30-20-11-18-19(12-21(20)31-2)25-13-26-22(18)32-17-5-3-4-16(10-17)28-23(29)27-15-8-6-14(24)7-9-15/h3-13H,1-2H3,(H2,27,28,29). The van der Waals surface area contributed by atoms with E-state index >= 15 is 0 Å². The number of hydrogen-bond acceptors (Lipinski definition) is 6. The molecule has 4 rings (SSSR count). The third kappa shape index (κ3) is 4.67. The van der Waals surface area contributed by atoms with Crippen molar-refractivity contribution in [3.63, 3.8) is 0 Å². The van der Waals surface area contributed by atoms with Crippen molar-refractivity contribution in [1.82, 2.24) is 9.97 Å². The fourth-order valence-corrected chi connectivity index (χ4v) is 3.02. The Kier molecular flexibility index (Phi) is 5.98. The van der Waals surface area contributed by atoms with E-state index in [1.54, 1.807) is 50.6 Å².